The molecule has 2 atom stereocenters. The topological polar surface area (TPSA) is 47.2 Å². The zero-order valence-electron chi connectivity index (χ0n) is 14.6. The van der Waals surface area contributed by atoms with Crippen LogP contribution in [-0.2, 0) is 0 Å². The van der Waals surface area contributed by atoms with Gasteiger partial charge in [-0.3, -0.25) is 0 Å². The van der Waals surface area contributed by atoms with Crippen LogP contribution in [0, 0.1) is 0 Å². The van der Waals surface area contributed by atoms with Crippen molar-refractivity contribution in [2.24, 2.45) is 5.10 Å². The summed E-state index contributed by atoms with van der Waals surface area (Å²) in [6.45, 7) is 0. The number of ether oxygens (including phenoxy) is 2. The SMILES string of the molecule is COc1ccc([C@H]2Oc3ccc(Cl)cc3[C@H]3CC(c4ccco4)=NN32)cc1. The van der Waals surface area contributed by atoms with Gasteiger partial charge in [0.2, 0.25) is 6.23 Å². The molecule has 0 bridgehead atoms. The highest BCUT2D eigenvalue weighted by Gasteiger charge is 2.41. The summed E-state index contributed by atoms with van der Waals surface area (Å²) in [7, 11) is 1.66. The average molecular weight is 381 g/mol. The Balaban J connectivity index is 1.59. The molecule has 0 amide bonds. The standard InChI is InChI=1S/C21H17ClN2O3/c1-25-15-7-4-13(5-8-15)21-24-18(12-17(23-24)20-3-2-10-26-20)16-11-14(22)6-9-19(16)27-21/h2-11,18,21H,12H2,1H3/t18-,21-/m1/s1. The van der Waals surface area contributed by atoms with Crippen molar-refractivity contribution < 1.29 is 13.9 Å². The van der Waals surface area contributed by atoms with Crippen LogP contribution in [-0.4, -0.2) is 17.8 Å². The minimum Gasteiger partial charge on any atom is -0.497 e. The fourth-order valence-corrected chi connectivity index (χ4v) is 3.82. The third-order valence-corrected chi connectivity index (χ3v) is 5.19. The molecule has 5 rings (SSSR count). The normalized spacial score (nSPS) is 20.5. The zero-order chi connectivity index (χ0) is 18.4. The van der Waals surface area contributed by atoms with Crippen LogP contribution in [0.1, 0.15) is 35.6 Å². The summed E-state index contributed by atoms with van der Waals surface area (Å²) < 4.78 is 17.1. The van der Waals surface area contributed by atoms with Crippen molar-refractivity contribution >= 4 is 17.3 Å². The number of furan rings is 1. The van der Waals surface area contributed by atoms with E-state index < -0.39 is 0 Å². The van der Waals surface area contributed by atoms with Crippen molar-refractivity contribution in [2.45, 2.75) is 18.7 Å². The second kappa shape index (κ2) is 6.35. The lowest BCUT2D eigenvalue weighted by Crippen LogP contribution is -2.33. The van der Waals surface area contributed by atoms with Gasteiger partial charge in [0.15, 0.2) is 0 Å². The first-order valence-electron chi connectivity index (χ1n) is 8.72. The maximum Gasteiger partial charge on any atom is 0.213 e. The Morgan fingerprint density at radius 3 is 2.74 bits per heavy atom. The summed E-state index contributed by atoms with van der Waals surface area (Å²) in [5, 5.41) is 7.52. The number of fused-ring (bicyclic) bond motifs is 3. The summed E-state index contributed by atoms with van der Waals surface area (Å²) in [5.41, 5.74) is 2.95. The minimum atomic E-state index is -0.331. The summed E-state index contributed by atoms with van der Waals surface area (Å²) in [4.78, 5) is 0. The molecule has 3 heterocycles. The second-order valence-electron chi connectivity index (χ2n) is 6.55. The molecule has 0 radical (unpaired) electrons. The highest BCUT2D eigenvalue weighted by Crippen LogP contribution is 2.48. The first-order valence-corrected chi connectivity index (χ1v) is 9.10. The lowest BCUT2D eigenvalue weighted by molar-refractivity contribution is -0.0190. The fourth-order valence-electron chi connectivity index (χ4n) is 3.64. The number of nitrogens with zero attached hydrogens (tertiary/aromatic N) is 2. The first-order chi connectivity index (χ1) is 13.2. The van der Waals surface area contributed by atoms with Crippen LogP contribution in [0.5, 0.6) is 11.5 Å². The van der Waals surface area contributed by atoms with Crippen molar-refractivity contribution in [1.29, 1.82) is 0 Å². The van der Waals surface area contributed by atoms with Crippen molar-refractivity contribution in [1.82, 2.24) is 5.01 Å². The Labute approximate surface area is 161 Å². The molecule has 6 heteroatoms. The monoisotopic (exact) mass is 380 g/mol. The van der Waals surface area contributed by atoms with Crippen LogP contribution in [0.15, 0.2) is 70.4 Å². The fraction of sp³-hybridized carbons (Fsp3) is 0.190. The van der Waals surface area contributed by atoms with Crippen LogP contribution in [0.4, 0.5) is 0 Å². The smallest absolute Gasteiger partial charge is 0.213 e. The lowest BCUT2D eigenvalue weighted by Gasteiger charge is -2.38. The van der Waals surface area contributed by atoms with Gasteiger partial charge in [0.25, 0.3) is 0 Å². The third kappa shape index (κ3) is 2.75. The zero-order valence-corrected chi connectivity index (χ0v) is 15.4. The maximum absolute atomic E-state index is 6.31. The third-order valence-electron chi connectivity index (χ3n) is 4.96. The van der Waals surface area contributed by atoms with Crippen LogP contribution in [0.3, 0.4) is 0 Å². The molecule has 0 unspecified atom stereocenters. The molecule has 2 aliphatic heterocycles. The van der Waals surface area contributed by atoms with Crippen LogP contribution < -0.4 is 9.47 Å². The lowest BCUT2D eigenvalue weighted by atomic mass is 9.97. The molecule has 5 nitrogen and oxygen atoms in total. The van der Waals surface area contributed by atoms with Gasteiger partial charge in [0, 0.05) is 22.6 Å². The molecule has 0 N–H and O–H groups in total. The van der Waals surface area contributed by atoms with Crippen LogP contribution >= 0.6 is 11.6 Å². The quantitative estimate of drug-likeness (QED) is 0.627. The molecule has 0 saturated heterocycles. The van der Waals surface area contributed by atoms with Crippen molar-refractivity contribution in [3.8, 4) is 11.5 Å². The summed E-state index contributed by atoms with van der Waals surface area (Å²) in [6.07, 6.45) is 2.07. The van der Waals surface area contributed by atoms with E-state index in [1.807, 2.05) is 59.6 Å². The van der Waals surface area contributed by atoms with Gasteiger partial charge < -0.3 is 13.9 Å². The van der Waals surface area contributed by atoms with Gasteiger partial charge in [-0.1, -0.05) is 11.6 Å². The summed E-state index contributed by atoms with van der Waals surface area (Å²) in [6, 6.07) is 17.4. The van der Waals surface area contributed by atoms with Gasteiger partial charge in [-0.05, 0) is 54.6 Å². The van der Waals surface area contributed by atoms with E-state index >= 15 is 0 Å². The number of hydrogen-bond donors (Lipinski definition) is 0. The van der Waals surface area contributed by atoms with Gasteiger partial charge in [-0.15, -0.1) is 0 Å². The number of hydrazone groups is 1. The Morgan fingerprint density at radius 1 is 1.15 bits per heavy atom. The predicted octanol–water partition coefficient (Wildman–Crippen LogP) is 5.18. The predicted molar refractivity (Wildman–Crippen MR) is 102 cm³/mol. The minimum absolute atomic E-state index is 0.0413. The molecule has 2 aliphatic rings. The van der Waals surface area contributed by atoms with E-state index in [-0.39, 0.29) is 12.3 Å². The van der Waals surface area contributed by atoms with Gasteiger partial charge in [-0.25, -0.2) is 5.01 Å². The maximum atomic E-state index is 6.31. The largest absolute Gasteiger partial charge is 0.497 e. The van der Waals surface area contributed by atoms with E-state index in [9.17, 15) is 0 Å². The Kier molecular flexibility index (Phi) is 3.83. The Hall–Kier alpha value is -2.92. The van der Waals surface area contributed by atoms with Crippen molar-refractivity contribution in [3.05, 3.63) is 82.8 Å². The van der Waals surface area contributed by atoms with Crippen molar-refractivity contribution in [2.75, 3.05) is 7.11 Å². The molecule has 0 spiro atoms. The first kappa shape index (κ1) is 16.3. The number of methoxy groups -OCH3 is 1. The van der Waals surface area contributed by atoms with E-state index in [0.29, 0.717) is 5.02 Å². The van der Waals surface area contributed by atoms with Crippen LogP contribution in [0.25, 0.3) is 0 Å². The van der Waals surface area contributed by atoms with Crippen LogP contribution in [0.2, 0.25) is 5.02 Å². The van der Waals surface area contributed by atoms with E-state index in [4.69, 9.17) is 30.6 Å². The molecule has 3 aromatic rings. The average Bonchev–Trinajstić information content (AvgIpc) is 3.37. The number of rotatable bonds is 3. The molecule has 136 valence electrons. The molecule has 1 aromatic heterocycles. The van der Waals surface area contributed by atoms with E-state index in [0.717, 1.165) is 40.5 Å². The second-order valence-corrected chi connectivity index (χ2v) is 6.99. The molecule has 0 aliphatic carbocycles. The highest BCUT2D eigenvalue weighted by atomic mass is 35.5. The molecule has 2 aromatic carbocycles. The van der Waals surface area contributed by atoms with E-state index in [2.05, 4.69) is 0 Å². The molecule has 0 fully saturated rings. The molecular weight excluding hydrogens is 364 g/mol. The summed E-state index contributed by atoms with van der Waals surface area (Å²) in [5.74, 6) is 2.42. The van der Waals surface area contributed by atoms with Crippen molar-refractivity contribution in [3.63, 3.8) is 0 Å². The number of hydrogen-bond acceptors (Lipinski definition) is 5. The van der Waals surface area contributed by atoms with E-state index in [1.54, 1.807) is 13.4 Å². The van der Waals surface area contributed by atoms with Gasteiger partial charge >= 0.3 is 0 Å². The molecule has 0 saturated carbocycles. The van der Waals surface area contributed by atoms with Gasteiger partial charge in [-0.2, -0.15) is 5.10 Å². The van der Waals surface area contributed by atoms with Gasteiger partial charge in [0.1, 0.15) is 23.0 Å². The Morgan fingerprint density at radius 2 is 2.00 bits per heavy atom. The summed E-state index contributed by atoms with van der Waals surface area (Å²) >= 11 is 6.25. The molecule has 27 heavy (non-hydrogen) atoms. The van der Waals surface area contributed by atoms with E-state index in [1.165, 1.54) is 0 Å². The van der Waals surface area contributed by atoms with Gasteiger partial charge in [0.05, 0.1) is 19.4 Å². The molecular formula is C21H17ClN2O3. The Bertz CT molecular complexity index is 999. The number of halogens is 1. The number of benzene rings is 2. The highest BCUT2D eigenvalue weighted by molar-refractivity contribution is 6.30.